The van der Waals surface area contributed by atoms with Crippen LogP contribution in [-0.2, 0) is 13.6 Å². The second-order valence-corrected chi connectivity index (χ2v) is 4.46. The molecule has 2 rings (SSSR count). The second-order valence-electron chi connectivity index (χ2n) is 3.52. The minimum atomic E-state index is -1.07. The largest absolute Gasteiger partial charge is 0.476 e. The number of rotatable bonds is 4. The molecule has 0 saturated heterocycles. The molecule has 0 atom stereocenters. The van der Waals surface area contributed by atoms with Crippen molar-refractivity contribution in [3.63, 3.8) is 0 Å². The lowest BCUT2D eigenvalue weighted by Gasteiger charge is -1.99. The Morgan fingerprint density at radius 2 is 2.33 bits per heavy atom. The highest BCUT2D eigenvalue weighted by Crippen LogP contribution is 2.09. The fraction of sp³-hybridized carbons (Fsp3) is 0.200. The van der Waals surface area contributed by atoms with E-state index in [1.54, 1.807) is 13.2 Å². The molecule has 0 aliphatic carbocycles. The summed E-state index contributed by atoms with van der Waals surface area (Å²) in [7, 11) is 1.72. The highest BCUT2D eigenvalue weighted by atomic mass is 32.1. The average molecular weight is 266 g/mol. The number of thiazole rings is 1. The predicted molar refractivity (Wildman–Crippen MR) is 63.5 cm³/mol. The maximum atomic E-state index is 11.7. The van der Waals surface area contributed by atoms with Crippen LogP contribution in [0, 0.1) is 0 Å². The quantitative estimate of drug-likeness (QED) is 0.840. The van der Waals surface area contributed by atoms with Crippen molar-refractivity contribution in [1.29, 1.82) is 0 Å². The Hall–Kier alpha value is -2.22. The van der Waals surface area contributed by atoms with Gasteiger partial charge in [-0.1, -0.05) is 0 Å². The van der Waals surface area contributed by atoms with E-state index in [1.165, 1.54) is 27.6 Å². The summed E-state index contributed by atoms with van der Waals surface area (Å²) in [6.07, 6.45) is 3.06. The third-order valence-electron chi connectivity index (χ3n) is 2.14. The van der Waals surface area contributed by atoms with Gasteiger partial charge in [-0.25, -0.2) is 9.78 Å². The number of carboxylic acids is 1. The van der Waals surface area contributed by atoms with E-state index >= 15 is 0 Å². The third kappa shape index (κ3) is 2.72. The molecule has 2 heterocycles. The molecule has 0 spiro atoms. The summed E-state index contributed by atoms with van der Waals surface area (Å²) in [6.45, 7) is 0.200. The van der Waals surface area contributed by atoms with Gasteiger partial charge in [0.15, 0.2) is 5.69 Å². The lowest BCUT2D eigenvalue weighted by molar-refractivity contribution is 0.0691. The normalized spacial score (nSPS) is 10.3. The van der Waals surface area contributed by atoms with Crippen molar-refractivity contribution in [3.05, 3.63) is 34.0 Å². The topological polar surface area (TPSA) is 97.1 Å². The summed E-state index contributed by atoms with van der Waals surface area (Å²) >= 11 is 1.19. The summed E-state index contributed by atoms with van der Waals surface area (Å²) in [5.41, 5.74) is 0.443. The van der Waals surface area contributed by atoms with Crippen LogP contribution in [0.1, 0.15) is 25.9 Å². The second kappa shape index (κ2) is 4.96. The van der Waals surface area contributed by atoms with Crippen LogP contribution >= 0.6 is 11.3 Å². The molecule has 0 aliphatic rings. The van der Waals surface area contributed by atoms with Crippen LogP contribution in [0.25, 0.3) is 0 Å². The molecule has 0 radical (unpaired) electrons. The predicted octanol–water partition coefficient (Wildman–Crippen LogP) is 0.505. The minimum Gasteiger partial charge on any atom is -0.476 e. The minimum absolute atomic E-state index is 0.00868. The Labute approximate surface area is 106 Å². The number of nitrogens with zero attached hydrogens (tertiary/aromatic N) is 3. The zero-order valence-corrected chi connectivity index (χ0v) is 10.3. The van der Waals surface area contributed by atoms with Gasteiger partial charge in [0.05, 0.1) is 18.3 Å². The van der Waals surface area contributed by atoms with E-state index in [0.29, 0.717) is 10.6 Å². The van der Waals surface area contributed by atoms with Crippen LogP contribution in [0.5, 0.6) is 0 Å². The van der Waals surface area contributed by atoms with Crippen molar-refractivity contribution in [1.82, 2.24) is 20.1 Å². The summed E-state index contributed by atoms with van der Waals surface area (Å²) < 4.78 is 1.53. The SMILES string of the molecule is Cn1cc(C(=O)NCc2nc(C(=O)O)cs2)cn1. The molecular formula is C10H10N4O3S. The van der Waals surface area contributed by atoms with Gasteiger partial charge in [0.1, 0.15) is 5.01 Å². The molecule has 0 aromatic carbocycles. The molecule has 2 N–H and O–H groups in total. The van der Waals surface area contributed by atoms with Crippen LogP contribution in [-0.4, -0.2) is 31.7 Å². The Morgan fingerprint density at radius 3 is 2.89 bits per heavy atom. The number of aryl methyl sites for hydroxylation is 1. The summed E-state index contributed by atoms with van der Waals surface area (Å²) in [6, 6.07) is 0. The first kappa shape index (κ1) is 12.2. The molecule has 2 aromatic rings. The molecule has 7 nitrogen and oxygen atoms in total. The Bertz CT molecular complexity index is 589. The van der Waals surface area contributed by atoms with Crippen molar-refractivity contribution in [2.75, 3.05) is 0 Å². The number of aromatic nitrogens is 3. The van der Waals surface area contributed by atoms with Gasteiger partial charge in [0.2, 0.25) is 0 Å². The molecular weight excluding hydrogens is 256 g/mol. The van der Waals surface area contributed by atoms with Crippen molar-refractivity contribution in [3.8, 4) is 0 Å². The Morgan fingerprint density at radius 1 is 1.56 bits per heavy atom. The van der Waals surface area contributed by atoms with Crippen molar-refractivity contribution in [2.45, 2.75) is 6.54 Å². The van der Waals surface area contributed by atoms with Crippen LogP contribution in [0.4, 0.5) is 0 Å². The first-order valence-electron chi connectivity index (χ1n) is 5.01. The number of carbonyl (C=O) groups excluding carboxylic acids is 1. The first-order chi connectivity index (χ1) is 8.56. The van der Waals surface area contributed by atoms with E-state index in [4.69, 9.17) is 5.11 Å². The van der Waals surface area contributed by atoms with Gasteiger partial charge in [-0.05, 0) is 0 Å². The highest BCUT2D eigenvalue weighted by Gasteiger charge is 2.11. The monoisotopic (exact) mass is 266 g/mol. The molecule has 18 heavy (non-hydrogen) atoms. The summed E-state index contributed by atoms with van der Waals surface area (Å²) in [4.78, 5) is 26.2. The van der Waals surface area contributed by atoms with E-state index < -0.39 is 5.97 Å². The number of hydrogen-bond donors (Lipinski definition) is 2. The van der Waals surface area contributed by atoms with Gasteiger partial charge in [0.25, 0.3) is 5.91 Å². The lowest BCUT2D eigenvalue weighted by atomic mass is 10.3. The fourth-order valence-corrected chi connectivity index (χ4v) is 1.99. The van der Waals surface area contributed by atoms with E-state index in [9.17, 15) is 9.59 Å². The van der Waals surface area contributed by atoms with E-state index in [2.05, 4.69) is 15.4 Å². The van der Waals surface area contributed by atoms with Gasteiger partial charge in [-0.15, -0.1) is 11.3 Å². The highest BCUT2D eigenvalue weighted by molar-refractivity contribution is 7.09. The molecule has 2 aromatic heterocycles. The zero-order chi connectivity index (χ0) is 13.1. The smallest absolute Gasteiger partial charge is 0.355 e. The van der Waals surface area contributed by atoms with Crippen LogP contribution in [0.2, 0.25) is 0 Å². The van der Waals surface area contributed by atoms with Gasteiger partial charge >= 0.3 is 5.97 Å². The van der Waals surface area contributed by atoms with Crippen molar-refractivity contribution >= 4 is 23.2 Å². The van der Waals surface area contributed by atoms with Gasteiger partial charge < -0.3 is 10.4 Å². The van der Waals surface area contributed by atoms with Gasteiger partial charge in [0, 0.05) is 18.6 Å². The maximum absolute atomic E-state index is 11.7. The van der Waals surface area contributed by atoms with Gasteiger partial charge in [-0.3, -0.25) is 9.48 Å². The molecule has 0 fully saturated rings. The molecule has 0 unspecified atom stereocenters. The molecule has 0 aliphatic heterocycles. The van der Waals surface area contributed by atoms with Crippen LogP contribution in [0.15, 0.2) is 17.8 Å². The number of hydrogen-bond acceptors (Lipinski definition) is 5. The van der Waals surface area contributed by atoms with E-state index in [0.717, 1.165) is 0 Å². The van der Waals surface area contributed by atoms with Crippen LogP contribution < -0.4 is 5.32 Å². The number of carbonyl (C=O) groups is 2. The number of nitrogens with one attached hydrogen (secondary N) is 1. The number of carboxylic acid groups (broad SMARTS) is 1. The first-order valence-corrected chi connectivity index (χ1v) is 5.89. The number of amides is 1. The Kier molecular flexibility index (Phi) is 3.38. The third-order valence-corrected chi connectivity index (χ3v) is 2.99. The summed E-state index contributed by atoms with van der Waals surface area (Å²) in [5, 5.41) is 17.2. The standard InChI is InChI=1S/C10H10N4O3S/c1-14-4-6(2-12-14)9(15)11-3-8-13-7(5-18-8)10(16)17/h2,4-5H,3H2,1H3,(H,11,15)(H,16,17). The fourth-order valence-electron chi connectivity index (χ4n) is 1.29. The number of aromatic carboxylic acids is 1. The van der Waals surface area contributed by atoms with Crippen LogP contribution in [0.3, 0.4) is 0 Å². The molecule has 8 heteroatoms. The Balaban J connectivity index is 1.95. The lowest BCUT2D eigenvalue weighted by Crippen LogP contribution is -2.22. The molecule has 1 amide bonds. The van der Waals surface area contributed by atoms with Crippen molar-refractivity contribution in [2.24, 2.45) is 7.05 Å². The zero-order valence-electron chi connectivity index (χ0n) is 9.45. The molecule has 94 valence electrons. The summed E-state index contributed by atoms with van der Waals surface area (Å²) in [5.74, 6) is -1.34. The van der Waals surface area contributed by atoms with Crippen molar-refractivity contribution < 1.29 is 14.7 Å². The maximum Gasteiger partial charge on any atom is 0.355 e. The van der Waals surface area contributed by atoms with E-state index in [-0.39, 0.29) is 18.1 Å². The van der Waals surface area contributed by atoms with E-state index in [1.807, 2.05) is 0 Å². The molecule has 0 bridgehead atoms. The average Bonchev–Trinajstić information content (AvgIpc) is 2.94. The molecule has 0 saturated carbocycles. The van der Waals surface area contributed by atoms with Gasteiger partial charge in [-0.2, -0.15) is 5.10 Å².